The van der Waals surface area contributed by atoms with Gasteiger partial charge in [0.1, 0.15) is 18.3 Å². The van der Waals surface area contributed by atoms with Crippen LogP contribution in [0.5, 0.6) is 5.75 Å². The highest BCUT2D eigenvalue weighted by Crippen LogP contribution is 2.26. The highest BCUT2D eigenvalue weighted by Gasteiger charge is 2.33. The van der Waals surface area contributed by atoms with E-state index in [2.05, 4.69) is 21.2 Å². The molecule has 10 heteroatoms. The molecule has 0 aliphatic heterocycles. The Bertz CT molecular complexity index is 1350. The van der Waals surface area contributed by atoms with E-state index in [0.717, 1.165) is 14.3 Å². The van der Waals surface area contributed by atoms with Gasteiger partial charge in [-0.25, -0.2) is 8.42 Å². The van der Waals surface area contributed by atoms with Gasteiger partial charge in [-0.3, -0.25) is 13.9 Å². The van der Waals surface area contributed by atoms with Crippen LogP contribution in [0.25, 0.3) is 0 Å². The van der Waals surface area contributed by atoms with Crippen molar-refractivity contribution in [1.29, 1.82) is 0 Å². The molecular formula is C29H34BrN3O5S. The maximum Gasteiger partial charge on any atom is 0.264 e. The summed E-state index contributed by atoms with van der Waals surface area (Å²) in [6, 6.07) is 20.9. The molecule has 8 nitrogen and oxygen atoms in total. The number of carbonyl (C=O) groups is 2. The molecule has 0 spiro atoms. The summed E-state index contributed by atoms with van der Waals surface area (Å²) in [7, 11) is -2.53. The van der Waals surface area contributed by atoms with Gasteiger partial charge in [-0.1, -0.05) is 53.2 Å². The van der Waals surface area contributed by atoms with Crippen LogP contribution in [0, 0.1) is 0 Å². The first kappa shape index (κ1) is 30.2. The van der Waals surface area contributed by atoms with E-state index in [1.54, 1.807) is 61.7 Å². The number of methoxy groups -OCH3 is 1. The van der Waals surface area contributed by atoms with Crippen molar-refractivity contribution in [2.24, 2.45) is 0 Å². The van der Waals surface area contributed by atoms with Gasteiger partial charge in [0.15, 0.2) is 0 Å². The van der Waals surface area contributed by atoms with E-state index in [-0.39, 0.29) is 23.4 Å². The van der Waals surface area contributed by atoms with E-state index >= 15 is 0 Å². The van der Waals surface area contributed by atoms with Crippen molar-refractivity contribution in [3.05, 3.63) is 88.9 Å². The molecule has 0 aliphatic carbocycles. The van der Waals surface area contributed by atoms with E-state index in [9.17, 15) is 18.0 Å². The summed E-state index contributed by atoms with van der Waals surface area (Å²) in [6.07, 6.45) is 0.351. The molecule has 1 atom stereocenters. The Morgan fingerprint density at radius 1 is 0.949 bits per heavy atom. The van der Waals surface area contributed by atoms with E-state index < -0.39 is 28.5 Å². The molecule has 0 aromatic heterocycles. The number of amides is 2. The molecule has 2 amide bonds. The van der Waals surface area contributed by atoms with Crippen LogP contribution in [-0.2, 0) is 26.2 Å². The van der Waals surface area contributed by atoms with Crippen LogP contribution in [-0.4, -0.2) is 50.9 Å². The minimum Gasteiger partial charge on any atom is -0.497 e. The highest BCUT2D eigenvalue weighted by molar-refractivity contribution is 9.10. The minimum atomic E-state index is -4.10. The van der Waals surface area contributed by atoms with Crippen molar-refractivity contribution in [3.63, 3.8) is 0 Å². The molecule has 1 unspecified atom stereocenters. The predicted octanol–water partition coefficient (Wildman–Crippen LogP) is 4.99. The minimum absolute atomic E-state index is 0.0621. The number of nitrogens with zero attached hydrogens (tertiary/aromatic N) is 2. The average molecular weight is 617 g/mol. The van der Waals surface area contributed by atoms with E-state index in [1.165, 1.54) is 17.0 Å². The fraction of sp³-hybridized carbons (Fsp3) is 0.310. The topological polar surface area (TPSA) is 96.0 Å². The molecule has 3 rings (SSSR count). The van der Waals surface area contributed by atoms with Crippen LogP contribution >= 0.6 is 15.9 Å². The zero-order valence-corrected chi connectivity index (χ0v) is 24.9. The van der Waals surface area contributed by atoms with Crippen LogP contribution in [0.2, 0.25) is 0 Å². The molecule has 208 valence electrons. The Balaban J connectivity index is 2.04. The van der Waals surface area contributed by atoms with E-state index in [0.29, 0.717) is 17.9 Å². The molecule has 3 aromatic rings. The quantitative estimate of drug-likeness (QED) is 0.310. The van der Waals surface area contributed by atoms with Gasteiger partial charge in [-0.2, -0.15) is 0 Å². The smallest absolute Gasteiger partial charge is 0.264 e. The van der Waals surface area contributed by atoms with Crippen molar-refractivity contribution in [2.45, 2.75) is 50.7 Å². The molecule has 0 aliphatic rings. The van der Waals surface area contributed by atoms with Crippen molar-refractivity contribution in [1.82, 2.24) is 10.2 Å². The normalized spacial score (nSPS) is 12.1. The van der Waals surface area contributed by atoms with E-state index in [1.807, 2.05) is 32.9 Å². The molecule has 39 heavy (non-hydrogen) atoms. The highest BCUT2D eigenvalue weighted by atomic mass is 79.9. The largest absolute Gasteiger partial charge is 0.497 e. The summed E-state index contributed by atoms with van der Waals surface area (Å²) >= 11 is 3.38. The van der Waals surface area contributed by atoms with Crippen LogP contribution < -0.4 is 14.4 Å². The third kappa shape index (κ3) is 7.83. The van der Waals surface area contributed by atoms with Gasteiger partial charge in [-0.05, 0) is 74.4 Å². The first-order valence-corrected chi connectivity index (χ1v) is 14.9. The Hall–Kier alpha value is -3.37. The monoisotopic (exact) mass is 615 g/mol. The predicted molar refractivity (Wildman–Crippen MR) is 156 cm³/mol. The van der Waals surface area contributed by atoms with Gasteiger partial charge in [-0.15, -0.1) is 0 Å². The van der Waals surface area contributed by atoms with Crippen LogP contribution in [0.1, 0.15) is 32.8 Å². The zero-order chi connectivity index (χ0) is 28.6. The fourth-order valence-electron chi connectivity index (χ4n) is 4.08. The average Bonchev–Trinajstić information content (AvgIpc) is 2.92. The van der Waals surface area contributed by atoms with Crippen molar-refractivity contribution in [2.75, 3.05) is 18.0 Å². The second-order valence-electron chi connectivity index (χ2n) is 9.26. The molecule has 0 saturated heterocycles. The van der Waals surface area contributed by atoms with Crippen molar-refractivity contribution in [3.8, 4) is 5.75 Å². The van der Waals surface area contributed by atoms with Crippen LogP contribution in [0.15, 0.2) is 88.2 Å². The van der Waals surface area contributed by atoms with Gasteiger partial charge in [0.25, 0.3) is 10.0 Å². The molecule has 0 saturated carbocycles. The molecule has 0 heterocycles. The third-order valence-corrected chi connectivity index (χ3v) is 8.37. The molecule has 0 bridgehead atoms. The molecule has 1 N–H and O–H groups in total. The number of anilines is 1. The lowest BCUT2D eigenvalue weighted by Crippen LogP contribution is -2.53. The summed E-state index contributed by atoms with van der Waals surface area (Å²) in [5.74, 6) is -0.133. The number of halogens is 1. The van der Waals surface area contributed by atoms with Gasteiger partial charge in [0.05, 0.1) is 17.7 Å². The Morgan fingerprint density at radius 2 is 1.56 bits per heavy atom. The third-order valence-electron chi connectivity index (χ3n) is 6.05. The molecule has 3 aromatic carbocycles. The first-order valence-electron chi connectivity index (χ1n) is 12.6. The van der Waals surface area contributed by atoms with Gasteiger partial charge in [0.2, 0.25) is 11.8 Å². The molecular weight excluding hydrogens is 582 g/mol. The van der Waals surface area contributed by atoms with Crippen LogP contribution in [0.4, 0.5) is 5.69 Å². The standard InChI is InChI=1S/C29H34BrN3O5S/c1-5-27(29(35)31-21(2)3)32(19-22-11-17-25(38-4)18-12-22)28(34)20-33(24-15-13-23(30)14-16-24)39(36,37)26-9-7-6-8-10-26/h6-18,21,27H,5,19-20H2,1-4H3,(H,31,35). The second-order valence-corrected chi connectivity index (χ2v) is 12.0. The van der Waals surface area contributed by atoms with Crippen molar-refractivity contribution >= 4 is 43.5 Å². The molecule has 0 radical (unpaired) electrons. The number of ether oxygens (including phenoxy) is 1. The summed E-state index contributed by atoms with van der Waals surface area (Å²) in [6.45, 7) is 5.16. The van der Waals surface area contributed by atoms with Gasteiger partial charge < -0.3 is 15.0 Å². The van der Waals surface area contributed by atoms with Gasteiger partial charge in [0, 0.05) is 17.1 Å². The summed E-state index contributed by atoms with van der Waals surface area (Å²) in [4.78, 5) is 28.7. The number of hydrogen-bond acceptors (Lipinski definition) is 5. The van der Waals surface area contributed by atoms with Gasteiger partial charge >= 0.3 is 0 Å². The lowest BCUT2D eigenvalue weighted by Gasteiger charge is -2.33. The number of benzene rings is 3. The lowest BCUT2D eigenvalue weighted by atomic mass is 10.1. The Morgan fingerprint density at radius 3 is 2.10 bits per heavy atom. The number of rotatable bonds is 12. The summed E-state index contributed by atoms with van der Waals surface area (Å²) in [5, 5.41) is 2.89. The number of carbonyl (C=O) groups excluding carboxylic acids is 2. The van der Waals surface area contributed by atoms with Crippen LogP contribution in [0.3, 0.4) is 0 Å². The number of hydrogen-bond donors (Lipinski definition) is 1. The zero-order valence-electron chi connectivity index (χ0n) is 22.5. The van der Waals surface area contributed by atoms with E-state index in [4.69, 9.17) is 4.74 Å². The lowest BCUT2D eigenvalue weighted by molar-refractivity contribution is -0.140. The Kier molecular flexibility index (Phi) is 10.5. The maximum atomic E-state index is 14.0. The second kappa shape index (κ2) is 13.6. The number of nitrogens with one attached hydrogen (secondary N) is 1. The summed E-state index contributed by atoms with van der Waals surface area (Å²) < 4.78 is 34.6. The van der Waals surface area contributed by atoms with Crippen molar-refractivity contribution < 1.29 is 22.7 Å². The fourth-order valence-corrected chi connectivity index (χ4v) is 5.78. The maximum absolute atomic E-state index is 14.0. The molecule has 0 fully saturated rings. The SMILES string of the molecule is CCC(C(=O)NC(C)C)N(Cc1ccc(OC)cc1)C(=O)CN(c1ccc(Br)cc1)S(=O)(=O)c1ccccc1. The Labute approximate surface area is 239 Å². The summed E-state index contributed by atoms with van der Waals surface area (Å²) in [5.41, 5.74) is 1.11. The first-order chi connectivity index (χ1) is 18.6. The number of sulfonamides is 1.